The molecule has 0 spiro atoms. The second kappa shape index (κ2) is 5.60. The molecule has 0 fully saturated rings. The maximum atomic E-state index is 9.00. The van der Waals surface area contributed by atoms with Crippen molar-refractivity contribution in [2.24, 2.45) is 0 Å². The Labute approximate surface area is 129 Å². The third-order valence-corrected chi connectivity index (χ3v) is 3.99. The minimum atomic E-state index is 0.445. The van der Waals surface area contributed by atoms with Gasteiger partial charge in [0.05, 0.1) is 18.2 Å². The van der Waals surface area contributed by atoms with Crippen LogP contribution in [0.4, 0.5) is 0 Å². The highest BCUT2D eigenvalue weighted by Gasteiger charge is 2.15. The fourth-order valence-corrected chi connectivity index (χ4v) is 2.56. The van der Waals surface area contributed by atoms with Crippen molar-refractivity contribution in [1.29, 1.82) is 5.26 Å². The van der Waals surface area contributed by atoms with E-state index in [1.807, 2.05) is 23.6 Å². The standard InChI is InChI=1S/C13H9ClN6S/c1-8-16-18-13(10-4-2-3-9(5-10)6-15)20(8)7-11-12(14)21-19-17-11/h2-5H,7H2,1H3. The van der Waals surface area contributed by atoms with E-state index in [9.17, 15) is 0 Å². The Morgan fingerprint density at radius 1 is 1.33 bits per heavy atom. The van der Waals surface area contributed by atoms with Gasteiger partial charge in [-0.25, -0.2) is 0 Å². The van der Waals surface area contributed by atoms with Crippen LogP contribution in [-0.2, 0) is 6.54 Å². The van der Waals surface area contributed by atoms with E-state index < -0.39 is 0 Å². The molecule has 1 aromatic carbocycles. The maximum absolute atomic E-state index is 9.00. The summed E-state index contributed by atoms with van der Waals surface area (Å²) >= 11 is 7.20. The normalized spacial score (nSPS) is 10.5. The SMILES string of the molecule is Cc1nnc(-c2cccc(C#N)c2)n1Cc1nnsc1Cl. The first-order valence-electron chi connectivity index (χ1n) is 6.06. The number of halogens is 1. The molecule has 2 heterocycles. The Hall–Kier alpha value is -2.30. The van der Waals surface area contributed by atoms with Crippen LogP contribution in [0.15, 0.2) is 24.3 Å². The van der Waals surface area contributed by atoms with Crippen LogP contribution in [0.2, 0.25) is 4.34 Å². The minimum absolute atomic E-state index is 0.445. The van der Waals surface area contributed by atoms with Gasteiger partial charge in [-0.2, -0.15) is 5.26 Å². The summed E-state index contributed by atoms with van der Waals surface area (Å²) < 4.78 is 6.28. The maximum Gasteiger partial charge on any atom is 0.164 e. The molecule has 8 heteroatoms. The zero-order valence-corrected chi connectivity index (χ0v) is 12.6. The molecule has 0 aliphatic carbocycles. The van der Waals surface area contributed by atoms with Gasteiger partial charge >= 0.3 is 0 Å². The van der Waals surface area contributed by atoms with Gasteiger partial charge in [0.2, 0.25) is 0 Å². The highest BCUT2D eigenvalue weighted by molar-refractivity contribution is 7.10. The summed E-state index contributed by atoms with van der Waals surface area (Å²) in [6, 6.07) is 9.36. The van der Waals surface area contributed by atoms with Crippen molar-refractivity contribution in [3.8, 4) is 17.5 Å². The van der Waals surface area contributed by atoms with Crippen LogP contribution in [0.25, 0.3) is 11.4 Å². The number of nitrogens with zero attached hydrogens (tertiary/aromatic N) is 6. The lowest BCUT2D eigenvalue weighted by molar-refractivity contribution is 0.744. The zero-order valence-electron chi connectivity index (χ0n) is 11.0. The Balaban J connectivity index is 2.04. The molecular weight excluding hydrogens is 308 g/mol. The second-order valence-electron chi connectivity index (χ2n) is 4.34. The Morgan fingerprint density at radius 2 is 2.19 bits per heavy atom. The summed E-state index contributed by atoms with van der Waals surface area (Å²) in [6.45, 7) is 2.30. The molecule has 0 bridgehead atoms. The molecule has 6 nitrogen and oxygen atoms in total. The summed E-state index contributed by atoms with van der Waals surface area (Å²) in [5.74, 6) is 1.42. The average Bonchev–Trinajstić information content (AvgIpc) is 3.07. The first-order chi connectivity index (χ1) is 10.2. The highest BCUT2D eigenvalue weighted by Crippen LogP contribution is 2.23. The van der Waals surface area contributed by atoms with E-state index in [2.05, 4.69) is 25.9 Å². The molecule has 21 heavy (non-hydrogen) atoms. The predicted octanol–water partition coefficient (Wildman–Crippen LogP) is 2.68. The first-order valence-corrected chi connectivity index (χ1v) is 7.21. The van der Waals surface area contributed by atoms with Crippen molar-refractivity contribution in [2.75, 3.05) is 0 Å². The van der Waals surface area contributed by atoms with Crippen LogP contribution in [0.1, 0.15) is 17.1 Å². The number of hydrogen-bond donors (Lipinski definition) is 0. The number of rotatable bonds is 3. The lowest BCUT2D eigenvalue weighted by atomic mass is 10.1. The molecule has 0 radical (unpaired) electrons. The molecule has 0 aliphatic heterocycles. The fourth-order valence-electron chi connectivity index (χ4n) is 1.95. The lowest BCUT2D eigenvalue weighted by Gasteiger charge is -2.07. The quantitative estimate of drug-likeness (QED) is 0.742. The molecule has 0 N–H and O–H groups in total. The van der Waals surface area contributed by atoms with E-state index in [1.54, 1.807) is 12.1 Å². The number of nitriles is 1. The molecule has 104 valence electrons. The van der Waals surface area contributed by atoms with Gasteiger partial charge in [-0.1, -0.05) is 28.2 Å². The number of aromatic nitrogens is 5. The average molecular weight is 317 g/mol. The Kier molecular flexibility index (Phi) is 3.64. The summed E-state index contributed by atoms with van der Waals surface area (Å²) in [4.78, 5) is 0. The van der Waals surface area contributed by atoms with Gasteiger partial charge in [0.25, 0.3) is 0 Å². The molecule has 3 aromatic rings. The molecular formula is C13H9ClN6S. The molecule has 3 rings (SSSR count). The lowest BCUT2D eigenvalue weighted by Crippen LogP contribution is -2.05. The van der Waals surface area contributed by atoms with Gasteiger partial charge in [0, 0.05) is 17.1 Å². The van der Waals surface area contributed by atoms with E-state index in [1.165, 1.54) is 0 Å². The summed E-state index contributed by atoms with van der Waals surface area (Å²) in [6.07, 6.45) is 0. The van der Waals surface area contributed by atoms with Crippen molar-refractivity contribution < 1.29 is 0 Å². The van der Waals surface area contributed by atoms with Crippen molar-refractivity contribution in [3.63, 3.8) is 0 Å². The number of aryl methyl sites for hydroxylation is 1. The fraction of sp³-hybridized carbons (Fsp3) is 0.154. The van der Waals surface area contributed by atoms with E-state index in [-0.39, 0.29) is 0 Å². The Morgan fingerprint density at radius 3 is 2.90 bits per heavy atom. The second-order valence-corrected chi connectivity index (χ2v) is 5.70. The number of benzene rings is 1. The van der Waals surface area contributed by atoms with Crippen LogP contribution < -0.4 is 0 Å². The topological polar surface area (TPSA) is 80.3 Å². The van der Waals surface area contributed by atoms with Crippen molar-refractivity contribution in [2.45, 2.75) is 13.5 Å². The van der Waals surface area contributed by atoms with Crippen LogP contribution in [-0.4, -0.2) is 24.4 Å². The molecule has 0 unspecified atom stereocenters. The molecule has 0 saturated heterocycles. The molecule has 0 saturated carbocycles. The molecule has 0 aliphatic rings. The molecule has 2 aromatic heterocycles. The van der Waals surface area contributed by atoms with E-state index in [0.29, 0.717) is 28.0 Å². The van der Waals surface area contributed by atoms with E-state index in [0.717, 1.165) is 22.9 Å². The monoisotopic (exact) mass is 316 g/mol. The van der Waals surface area contributed by atoms with Gasteiger partial charge in [-0.3, -0.25) is 0 Å². The van der Waals surface area contributed by atoms with Crippen LogP contribution in [0.5, 0.6) is 0 Å². The van der Waals surface area contributed by atoms with Crippen LogP contribution >= 0.6 is 23.1 Å². The van der Waals surface area contributed by atoms with Crippen molar-refractivity contribution in [1.82, 2.24) is 24.4 Å². The van der Waals surface area contributed by atoms with Crippen molar-refractivity contribution >= 4 is 23.1 Å². The third-order valence-electron chi connectivity index (χ3n) is 3.00. The van der Waals surface area contributed by atoms with Gasteiger partial charge in [-0.15, -0.1) is 15.3 Å². The van der Waals surface area contributed by atoms with Crippen molar-refractivity contribution in [3.05, 3.63) is 45.7 Å². The largest absolute Gasteiger partial charge is 0.305 e. The van der Waals surface area contributed by atoms with Crippen LogP contribution in [0.3, 0.4) is 0 Å². The molecule has 0 amide bonds. The van der Waals surface area contributed by atoms with Crippen LogP contribution in [0, 0.1) is 18.3 Å². The zero-order chi connectivity index (χ0) is 14.8. The third kappa shape index (κ3) is 2.63. The summed E-state index contributed by atoms with van der Waals surface area (Å²) in [5, 5.41) is 21.3. The van der Waals surface area contributed by atoms with Gasteiger partial charge in [-0.05, 0) is 19.1 Å². The van der Waals surface area contributed by atoms with E-state index >= 15 is 0 Å². The highest BCUT2D eigenvalue weighted by atomic mass is 35.5. The summed E-state index contributed by atoms with van der Waals surface area (Å²) in [7, 11) is 0. The predicted molar refractivity (Wildman–Crippen MR) is 78.9 cm³/mol. The minimum Gasteiger partial charge on any atom is -0.305 e. The van der Waals surface area contributed by atoms with E-state index in [4.69, 9.17) is 16.9 Å². The van der Waals surface area contributed by atoms with Gasteiger partial charge in [0.15, 0.2) is 5.82 Å². The van der Waals surface area contributed by atoms with Gasteiger partial charge in [0.1, 0.15) is 15.9 Å². The number of hydrogen-bond acceptors (Lipinski definition) is 6. The first kappa shape index (κ1) is 13.7. The Bertz CT molecular complexity index is 831. The molecule has 0 atom stereocenters. The van der Waals surface area contributed by atoms with Gasteiger partial charge < -0.3 is 4.57 Å². The summed E-state index contributed by atoms with van der Waals surface area (Å²) in [5.41, 5.74) is 2.09. The smallest absolute Gasteiger partial charge is 0.164 e.